The zero-order valence-corrected chi connectivity index (χ0v) is 13.0. The Morgan fingerprint density at radius 2 is 1.88 bits per heavy atom. The van der Waals surface area contributed by atoms with Gasteiger partial charge in [0.1, 0.15) is 0 Å². The summed E-state index contributed by atoms with van der Waals surface area (Å²) in [5.41, 5.74) is 0. The third-order valence-corrected chi connectivity index (χ3v) is 6.58. The Morgan fingerprint density at radius 3 is 2.24 bits per heavy atom. The normalized spacial score (nSPS) is 16.8. The predicted octanol–water partition coefficient (Wildman–Crippen LogP) is 0.902. The van der Waals surface area contributed by atoms with Crippen LogP contribution in [-0.4, -0.2) is 54.7 Å². The number of aliphatic hydroxyl groups is 1. The van der Waals surface area contributed by atoms with Crippen LogP contribution in [0.15, 0.2) is 0 Å². The maximum Gasteiger partial charge on any atom is 0.156 e. The van der Waals surface area contributed by atoms with Gasteiger partial charge in [-0.2, -0.15) is 11.8 Å². The Labute approximate surface area is 109 Å². The van der Waals surface area contributed by atoms with Gasteiger partial charge in [-0.1, -0.05) is 0 Å². The highest BCUT2D eigenvalue weighted by Gasteiger charge is 2.28. The van der Waals surface area contributed by atoms with E-state index in [0.29, 0.717) is 6.54 Å². The Bertz CT molecular complexity index is 305. The molecule has 0 aliphatic rings. The van der Waals surface area contributed by atoms with Gasteiger partial charge in [0, 0.05) is 17.8 Å². The number of hydrogen-bond acceptors (Lipinski definition) is 5. The topological polar surface area (TPSA) is 66.4 Å². The van der Waals surface area contributed by atoms with Gasteiger partial charge < -0.3 is 10.4 Å². The van der Waals surface area contributed by atoms with Crippen molar-refractivity contribution < 1.29 is 13.5 Å². The highest BCUT2D eigenvalue weighted by atomic mass is 32.2. The van der Waals surface area contributed by atoms with Crippen molar-refractivity contribution in [2.75, 3.05) is 25.2 Å². The van der Waals surface area contributed by atoms with Crippen LogP contribution < -0.4 is 5.32 Å². The van der Waals surface area contributed by atoms with Crippen LogP contribution in [0.25, 0.3) is 0 Å². The first kappa shape index (κ1) is 17.2. The van der Waals surface area contributed by atoms with Crippen molar-refractivity contribution in [1.82, 2.24) is 5.32 Å². The SMILES string of the molecule is CSC(CO)C(C)NCCS(=O)(=O)C(C)(C)C. The molecule has 2 unspecified atom stereocenters. The molecule has 0 aliphatic carbocycles. The Hall–Kier alpha value is 0.220. The van der Waals surface area contributed by atoms with Crippen molar-refractivity contribution in [3.8, 4) is 0 Å². The molecule has 0 aromatic heterocycles. The first-order valence-electron chi connectivity index (χ1n) is 5.75. The Kier molecular flexibility index (Phi) is 7.06. The molecule has 104 valence electrons. The quantitative estimate of drug-likeness (QED) is 0.727. The minimum atomic E-state index is -3.06. The molecule has 0 spiro atoms. The minimum absolute atomic E-state index is 0.0986. The van der Waals surface area contributed by atoms with Gasteiger partial charge in [0.2, 0.25) is 0 Å². The number of aliphatic hydroxyl groups excluding tert-OH is 1. The molecule has 0 aromatic carbocycles. The molecule has 0 fully saturated rings. The maximum atomic E-state index is 11.8. The van der Waals surface area contributed by atoms with Gasteiger partial charge in [-0.3, -0.25) is 0 Å². The van der Waals surface area contributed by atoms with Crippen LogP contribution in [0.3, 0.4) is 0 Å². The molecule has 0 aliphatic heterocycles. The fraction of sp³-hybridized carbons (Fsp3) is 1.00. The third kappa shape index (κ3) is 5.59. The molecular formula is C11H25NO3S2. The van der Waals surface area contributed by atoms with Crippen molar-refractivity contribution in [1.29, 1.82) is 0 Å². The molecule has 0 bridgehead atoms. The van der Waals surface area contributed by atoms with E-state index in [4.69, 9.17) is 5.11 Å². The Balaban J connectivity index is 4.17. The zero-order chi connectivity index (χ0) is 13.7. The van der Waals surface area contributed by atoms with Crippen molar-refractivity contribution in [3.63, 3.8) is 0 Å². The second-order valence-electron chi connectivity index (χ2n) is 5.13. The van der Waals surface area contributed by atoms with Crippen LogP contribution >= 0.6 is 11.8 Å². The molecule has 0 heterocycles. The van der Waals surface area contributed by atoms with Crippen molar-refractivity contribution >= 4 is 21.6 Å². The summed E-state index contributed by atoms with van der Waals surface area (Å²) in [5, 5.41) is 12.4. The molecule has 0 radical (unpaired) electrons. The van der Waals surface area contributed by atoms with Crippen LogP contribution in [-0.2, 0) is 9.84 Å². The maximum absolute atomic E-state index is 11.8. The van der Waals surface area contributed by atoms with Crippen LogP contribution in [0.4, 0.5) is 0 Å². The third-order valence-electron chi connectivity index (χ3n) is 2.81. The van der Waals surface area contributed by atoms with Crippen molar-refractivity contribution in [3.05, 3.63) is 0 Å². The highest BCUT2D eigenvalue weighted by Crippen LogP contribution is 2.15. The van der Waals surface area contributed by atoms with E-state index in [1.54, 1.807) is 32.5 Å². The second kappa shape index (κ2) is 6.97. The van der Waals surface area contributed by atoms with Crippen LogP contribution in [0.1, 0.15) is 27.7 Å². The molecular weight excluding hydrogens is 258 g/mol. The number of rotatable bonds is 7. The van der Waals surface area contributed by atoms with Gasteiger partial charge in [-0.05, 0) is 34.0 Å². The van der Waals surface area contributed by atoms with Gasteiger partial charge >= 0.3 is 0 Å². The average Bonchev–Trinajstić information content (AvgIpc) is 2.17. The molecule has 4 nitrogen and oxygen atoms in total. The average molecular weight is 283 g/mol. The fourth-order valence-electron chi connectivity index (χ4n) is 1.30. The van der Waals surface area contributed by atoms with E-state index in [0.717, 1.165) is 0 Å². The van der Waals surface area contributed by atoms with Gasteiger partial charge in [-0.25, -0.2) is 8.42 Å². The largest absolute Gasteiger partial charge is 0.395 e. The highest BCUT2D eigenvalue weighted by molar-refractivity contribution is 7.99. The summed E-state index contributed by atoms with van der Waals surface area (Å²) >= 11 is 1.58. The number of nitrogens with one attached hydrogen (secondary N) is 1. The van der Waals surface area contributed by atoms with Crippen LogP contribution in [0, 0.1) is 0 Å². The number of hydrogen-bond donors (Lipinski definition) is 2. The van der Waals surface area contributed by atoms with E-state index in [-0.39, 0.29) is 23.7 Å². The Morgan fingerprint density at radius 1 is 1.35 bits per heavy atom. The summed E-state index contributed by atoms with van der Waals surface area (Å²) < 4.78 is 23.0. The van der Waals surface area contributed by atoms with E-state index in [9.17, 15) is 8.42 Å². The van der Waals surface area contributed by atoms with Crippen molar-refractivity contribution in [2.24, 2.45) is 0 Å². The lowest BCUT2D eigenvalue weighted by molar-refractivity contribution is 0.277. The first-order valence-corrected chi connectivity index (χ1v) is 8.69. The number of sulfone groups is 1. The van der Waals surface area contributed by atoms with E-state index < -0.39 is 14.6 Å². The summed E-state index contributed by atoms with van der Waals surface area (Å²) in [4.78, 5) is 0. The van der Waals surface area contributed by atoms with Gasteiger partial charge in [0.05, 0.1) is 17.1 Å². The molecule has 17 heavy (non-hydrogen) atoms. The van der Waals surface area contributed by atoms with Gasteiger partial charge in [0.15, 0.2) is 9.84 Å². The smallest absolute Gasteiger partial charge is 0.156 e. The first-order chi connectivity index (χ1) is 7.65. The van der Waals surface area contributed by atoms with Crippen LogP contribution in [0.2, 0.25) is 0 Å². The van der Waals surface area contributed by atoms with E-state index in [1.165, 1.54) is 0 Å². The molecule has 0 amide bonds. The fourth-order valence-corrected chi connectivity index (χ4v) is 2.95. The van der Waals surface area contributed by atoms with E-state index >= 15 is 0 Å². The minimum Gasteiger partial charge on any atom is -0.395 e. The monoisotopic (exact) mass is 283 g/mol. The molecule has 0 saturated heterocycles. The predicted molar refractivity (Wildman–Crippen MR) is 75.4 cm³/mol. The molecule has 6 heteroatoms. The lowest BCUT2D eigenvalue weighted by atomic mass is 10.2. The summed E-state index contributed by atoms with van der Waals surface area (Å²) in [6.45, 7) is 7.62. The lowest BCUT2D eigenvalue weighted by Gasteiger charge is -2.23. The zero-order valence-electron chi connectivity index (χ0n) is 11.4. The molecule has 2 atom stereocenters. The molecule has 0 aromatic rings. The number of thioether (sulfide) groups is 1. The van der Waals surface area contributed by atoms with Crippen LogP contribution in [0.5, 0.6) is 0 Å². The standard InChI is InChI=1S/C11H25NO3S2/c1-9(10(8-13)16-5)12-6-7-17(14,15)11(2,3)4/h9-10,12-13H,6-8H2,1-5H3. The van der Waals surface area contributed by atoms with E-state index in [2.05, 4.69) is 5.32 Å². The summed E-state index contributed by atoms with van der Waals surface area (Å²) in [6.07, 6.45) is 1.94. The summed E-state index contributed by atoms with van der Waals surface area (Å²) in [6, 6.07) is 0.102. The second-order valence-corrected chi connectivity index (χ2v) is 9.07. The summed E-state index contributed by atoms with van der Waals surface area (Å²) in [7, 11) is -3.06. The van der Waals surface area contributed by atoms with Gasteiger partial charge in [0.25, 0.3) is 0 Å². The van der Waals surface area contributed by atoms with Crippen molar-refractivity contribution in [2.45, 2.75) is 43.7 Å². The summed E-state index contributed by atoms with van der Waals surface area (Å²) in [5.74, 6) is 0.132. The van der Waals surface area contributed by atoms with E-state index in [1.807, 2.05) is 13.2 Å². The lowest BCUT2D eigenvalue weighted by Crippen LogP contribution is -2.42. The van der Waals surface area contributed by atoms with Gasteiger partial charge in [-0.15, -0.1) is 0 Å². The molecule has 0 saturated carbocycles. The molecule has 2 N–H and O–H groups in total. The molecule has 0 rings (SSSR count).